The Balaban J connectivity index is 2.46. The average molecular weight is 264 g/mol. The maximum atomic E-state index is 11.1. The molecule has 1 N–H and O–H groups in total. The predicted molar refractivity (Wildman–Crippen MR) is 72.0 cm³/mol. The Morgan fingerprint density at radius 3 is 2.37 bits per heavy atom. The Kier molecular flexibility index (Phi) is 3.98. The summed E-state index contributed by atoms with van der Waals surface area (Å²) in [6.07, 6.45) is 2.34. The van der Waals surface area contributed by atoms with Crippen molar-refractivity contribution in [3.8, 4) is 11.5 Å². The number of carboxylic acid groups (broad SMARTS) is 1. The van der Waals surface area contributed by atoms with Crippen LogP contribution in [0.15, 0.2) is 12.1 Å². The van der Waals surface area contributed by atoms with E-state index in [1.54, 1.807) is 14.2 Å². The second-order valence-electron chi connectivity index (χ2n) is 5.05. The van der Waals surface area contributed by atoms with Crippen molar-refractivity contribution in [3.63, 3.8) is 0 Å². The molecule has 1 aliphatic rings. The van der Waals surface area contributed by atoms with Crippen molar-refractivity contribution >= 4 is 5.97 Å². The minimum atomic E-state index is -0.763. The molecule has 1 saturated carbocycles. The summed E-state index contributed by atoms with van der Waals surface area (Å²) in [6, 6.07) is 3.72. The summed E-state index contributed by atoms with van der Waals surface area (Å²) in [5, 5.41) is 9.13. The van der Waals surface area contributed by atoms with E-state index < -0.39 is 5.97 Å². The summed E-state index contributed by atoms with van der Waals surface area (Å²) in [6.45, 7) is 1.97. The van der Waals surface area contributed by atoms with Crippen LogP contribution in [0.25, 0.3) is 0 Å². The lowest BCUT2D eigenvalue weighted by atomic mass is 9.87. The van der Waals surface area contributed by atoms with Gasteiger partial charge < -0.3 is 14.6 Å². The van der Waals surface area contributed by atoms with Crippen LogP contribution in [-0.2, 0) is 4.79 Å². The number of rotatable bonds is 6. The highest BCUT2D eigenvalue weighted by atomic mass is 16.5. The van der Waals surface area contributed by atoms with Crippen molar-refractivity contribution < 1.29 is 19.4 Å². The standard InChI is InChI=1S/C15H20O4/c1-9-12(18-2)6-7-13(19-3)15(9)11(8-14(16)17)10-4-5-10/h6-7,10-11H,4-5,8H2,1-3H3,(H,16,17). The second-order valence-corrected chi connectivity index (χ2v) is 5.05. The van der Waals surface area contributed by atoms with Gasteiger partial charge in [-0.05, 0) is 43.4 Å². The van der Waals surface area contributed by atoms with E-state index in [2.05, 4.69) is 0 Å². The van der Waals surface area contributed by atoms with Crippen LogP contribution in [0, 0.1) is 12.8 Å². The zero-order valence-electron chi connectivity index (χ0n) is 11.6. The Morgan fingerprint density at radius 2 is 1.89 bits per heavy atom. The van der Waals surface area contributed by atoms with Crippen LogP contribution >= 0.6 is 0 Å². The first-order chi connectivity index (χ1) is 9.08. The van der Waals surface area contributed by atoms with Gasteiger partial charge in [-0.15, -0.1) is 0 Å². The number of ether oxygens (including phenoxy) is 2. The largest absolute Gasteiger partial charge is 0.496 e. The Hall–Kier alpha value is -1.71. The van der Waals surface area contributed by atoms with Gasteiger partial charge in [-0.2, -0.15) is 0 Å². The van der Waals surface area contributed by atoms with Crippen LogP contribution in [0.4, 0.5) is 0 Å². The SMILES string of the molecule is COc1ccc(OC)c(C(CC(=O)O)C2CC2)c1C. The summed E-state index contributed by atoms with van der Waals surface area (Å²) in [4.78, 5) is 11.1. The molecule has 1 atom stereocenters. The Morgan fingerprint density at radius 1 is 1.32 bits per heavy atom. The molecule has 1 aromatic carbocycles. The molecule has 0 heterocycles. The van der Waals surface area contributed by atoms with Gasteiger partial charge >= 0.3 is 5.97 Å². The minimum absolute atomic E-state index is 0.0162. The van der Waals surface area contributed by atoms with Gasteiger partial charge in [0.2, 0.25) is 0 Å². The maximum absolute atomic E-state index is 11.1. The van der Waals surface area contributed by atoms with Crippen molar-refractivity contribution in [1.29, 1.82) is 0 Å². The summed E-state index contributed by atoms with van der Waals surface area (Å²) in [5.74, 6) is 1.25. The van der Waals surface area contributed by atoms with Gasteiger partial charge in [0, 0.05) is 11.5 Å². The van der Waals surface area contributed by atoms with Crippen LogP contribution in [-0.4, -0.2) is 25.3 Å². The van der Waals surface area contributed by atoms with Crippen LogP contribution in [0.2, 0.25) is 0 Å². The topological polar surface area (TPSA) is 55.8 Å². The van der Waals surface area contributed by atoms with E-state index in [0.717, 1.165) is 35.5 Å². The molecule has 0 amide bonds. The van der Waals surface area contributed by atoms with Crippen LogP contribution in [0.1, 0.15) is 36.3 Å². The summed E-state index contributed by atoms with van der Waals surface area (Å²) >= 11 is 0. The van der Waals surface area contributed by atoms with Gasteiger partial charge in [-0.3, -0.25) is 4.79 Å². The first-order valence-corrected chi connectivity index (χ1v) is 6.51. The average Bonchev–Trinajstić information content (AvgIpc) is 3.20. The number of aliphatic carboxylic acids is 1. The number of carboxylic acids is 1. The van der Waals surface area contributed by atoms with E-state index in [1.165, 1.54) is 0 Å². The van der Waals surface area contributed by atoms with Gasteiger partial charge in [-0.1, -0.05) is 0 Å². The summed E-state index contributed by atoms with van der Waals surface area (Å²) in [7, 11) is 3.25. The molecule has 1 aliphatic carbocycles. The third kappa shape index (κ3) is 2.83. The van der Waals surface area contributed by atoms with Crippen LogP contribution in [0.3, 0.4) is 0 Å². The molecule has 0 bridgehead atoms. The molecule has 0 radical (unpaired) electrons. The van der Waals surface area contributed by atoms with Gasteiger partial charge in [0.25, 0.3) is 0 Å². The van der Waals surface area contributed by atoms with E-state index in [0.29, 0.717) is 5.92 Å². The Labute approximate surface area is 113 Å². The molecule has 104 valence electrons. The van der Waals surface area contributed by atoms with Crippen molar-refractivity contribution in [3.05, 3.63) is 23.3 Å². The monoisotopic (exact) mass is 264 g/mol. The van der Waals surface area contributed by atoms with E-state index in [4.69, 9.17) is 14.6 Å². The molecule has 4 nitrogen and oxygen atoms in total. The number of carbonyl (C=O) groups is 1. The molecular weight excluding hydrogens is 244 g/mol. The molecule has 0 aliphatic heterocycles. The number of benzene rings is 1. The smallest absolute Gasteiger partial charge is 0.303 e. The van der Waals surface area contributed by atoms with E-state index in [1.807, 2.05) is 19.1 Å². The van der Waals surface area contributed by atoms with E-state index in [-0.39, 0.29) is 12.3 Å². The van der Waals surface area contributed by atoms with Gasteiger partial charge in [-0.25, -0.2) is 0 Å². The Bertz CT molecular complexity index is 477. The first-order valence-electron chi connectivity index (χ1n) is 6.51. The number of hydrogen-bond donors (Lipinski definition) is 1. The fraction of sp³-hybridized carbons (Fsp3) is 0.533. The molecule has 1 aromatic rings. The van der Waals surface area contributed by atoms with Gasteiger partial charge in [0.05, 0.1) is 20.6 Å². The zero-order valence-corrected chi connectivity index (χ0v) is 11.6. The lowest BCUT2D eigenvalue weighted by Crippen LogP contribution is -2.11. The number of hydrogen-bond acceptors (Lipinski definition) is 3. The third-order valence-electron chi connectivity index (χ3n) is 3.82. The number of methoxy groups -OCH3 is 2. The van der Waals surface area contributed by atoms with Crippen molar-refractivity contribution in [2.45, 2.75) is 32.1 Å². The van der Waals surface area contributed by atoms with E-state index in [9.17, 15) is 4.79 Å². The van der Waals surface area contributed by atoms with Crippen LogP contribution < -0.4 is 9.47 Å². The first kappa shape index (κ1) is 13.7. The van der Waals surface area contributed by atoms with Crippen LogP contribution in [0.5, 0.6) is 11.5 Å². The molecule has 19 heavy (non-hydrogen) atoms. The molecule has 0 aromatic heterocycles. The highest BCUT2D eigenvalue weighted by Crippen LogP contribution is 2.49. The van der Waals surface area contributed by atoms with Crippen molar-refractivity contribution in [1.82, 2.24) is 0 Å². The lowest BCUT2D eigenvalue weighted by molar-refractivity contribution is -0.137. The maximum Gasteiger partial charge on any atom is 0.303 e. The summed E-state index contributed by atoms with van der Waals surface area (Å²) < 4.78 is 10.8. The van der Waals surface area contributed by atoms with E-state index >= 15 is 0 Å². The normalized spacial score (nSPS) is 15.9. The quantitative estimate of drug-likeness (QED) is 0.858. The third-order valence-corrected chi connectivity index (χ3v) is 3.82. The predicted octanol–water partition coefficient (Wildman–Crippen LogP) is 2.98. The molecular formula is C15H20O4. The fourth-order valence-electron chi connectivity index (χ4n) is 2.73. The van der Waals surface area contributed by atoms with Gasteiger partial charge in [0.1, 0.15) is 11.5 Å². The van der Waals surface area contributed by atoms with Crippen molar-refractivity contribution in [2.24, 2.45) is 5.92 Å². The zero-order chi connectivity index (χ0) is 14.0. The van der Waals surface area contributed by atoms with Gasteiger partial charge in [0.15, 0.2) is 0 Å². The highest BCUT2D eigenvalue weighted by molar-refractivity contribution is 5.69. The molecule has 1 unspecified atom stereocenters. The lowest BCUT2D eigenvalue weighted by Gasteiger charge is -2.22. The van der Waals surface area contributed by atoms with Crippen molar-refractivity contribution in [2.75, 3.05) is 14.2 Å². The minimum Gasteiger partial charge on any atom is -0.496 e. The molecule has 0 saturated heterocycles. The fourth-order valence-corrected chi connectivity index (χ4v) is 2.73. The summed E-state index contributed by atoms with van der Waals surface area (Å²) in [5.41, 5.74) is 1.98. The molecule has 4 heteroatoms. The highest BCUT2D eigenvalue weighted by Gasteiger charge is 2.36. The second kappa shape index (κ2) is 5.51. The molecule has 2 rings (SSSR count). The molecule has 0 spiro atoms. The molecule has 1 fully saturated rings.